The molecule has 0 amide bonds. The van der Waals surface area contributed by atoms with Gasteiger partial charge in [-0.1, -0.05) is 18.2 Å². The van der Waals surface area contributed by atoms with Crippen LogP contribution in [0, 0.1) is 0 Å². The topological polar surface area (TPSA) is 83.8 Å². The van der Waals surface area contributed by atoms with Crippen molar-refractivity contribution in [3.63, 3.8) is 0 Å². The van der Waals surface area contributed by atoms with Crippen LogP contribution >= 0.6 is 9.14 Å². The van der Waals surface area contributed by atoms with Crippen molar-refractivity contribution in [3.05, 3.63) is 30.3 Å². The Balaban J connectivity index is 3.46. The Bertz CT molecular complexity index is 585. The molecule has 0 bridgehead atoms. The molecule has 0 fully saturated rings. The predicted octanol–water partition coefficient (Wildman–Crippen LogP) is 2.91. The van der Waals surface area contributed by atoms with Gasteiger partial charge in [0.2, 0.25) is 0 Å². The van der Waals surface area contributed by atoms with E-state index < -0.39 is 29.7 Å². The lowest BCUT2D eigenvalue weighted by atomic mass is 10.4. The summed E-state index contributed by atoms with van der Waals surface area (Å²) in [5.74, 6) is 0. The molecule has 1 aromatic rings. The van der Waals surface area contributed by atoms with Crippen molar-refractivity contribution < 1.29 is 34.3 Å². The molecule has 0 unspecified atom stereocenters. The first-order valence-electron chi connectivity index (χ1n) is 4.73. The molecule has 0 spiro atoms. The molecule has 0 aliphatic rings. The van der Waals surface area contributed by atoms with Gasteiger partial charge in [0, 0.05) is 17.4 Å². The van der Waals surface area contributed by atoms with Crippen molar-refractivity contribution in [2.75, 3.05) is 12.5 Å². The molecule has 0 heterocycles. The van der Waals surface area contributed by atoms with Crippen LogP contribution in [0.1, 0.15) is 0 Å². The van der Waals surface area contributed by atoms with Gasteiger partial charge in [-0.15, -0.1) is 0 Å². The molecule has 0 aromatic heterocycles. The van der Waals surface area contributed by atoms with Crippen molar-refractivity contribution in [3.8, 4) is 0 Å². The third-order valence-electron chi connectivity index (χ3n) is 2.13. The second-order valence-corrected chi connectivity index (χ2v) is 11.8. The number of rotatable bonds is 3. The van der Waals surface area contributed by atoms with E-state index in [1.54, 1.807) is 0 Å². The molecule has 5 nitrogen and oxygen atoms in total. The molecule has 2 N–H and O–H groups in total. The van der Waals surface area contributed by atoms with Gasteiger partial charge < -0.3 is 9.11 Å². The van der Waals surface area contributed by atoms with Crippen molar-refractivity contribution in [1.82, 2.24) is 0 Å². The molecule has 10 heteroatoms. The Morgan fingerprint density at radius 2 is 1.53 bits per heavy atom. The molecule has 1 rings (SSSR count). The number of alkyl halides is 3. The standard InChI is InChI=1S/C9H13F3O5S2/c1-19(2,15,16,8-6-4-3-5-7-8)17-18(13,14)9(10,11)12/h3-7,15-16H,1-2H3. The van der Waals surface area contributed by atoms with Crippen molar-refractivity contribution >= 4 is 19.3 Å². The summed E-state index contributed by atoms with van der Waals surface area (Å²) in [6, 6.07) is 6.20. The van der Waals surface area contributed by atoms with Crippen LogP contribution in [0.2, 0.25) is 0 Å². The average molecular weight is 322 g/mol. The summed E-state index contributed by atoms with van der Waals surface area (Å²) in [4.78, 5) is -0.463. The van der Waals surface area contributed by atoms with E-state index in [9.17, 15) is 30.7 Å². The van der Waals surface area contributed by atoms with E-state index in [2.05, 4.69) is 3.63 Å². The normalized spacial score (nSPS) is 17.6. The fraction of sp³-hybridized carbons (Fsp3) is 0.333. The summed E-state index contributed by atoms with van der Waals surface area (Å²) in [6.07, 6.45) is 1.05. The largest absolute Gasteiger partial charge is 0.524 e. The highest BCUT2D eigenvalue weighted by Gasteiger charge is 2.60. The summed E-state index contributed by atoms with van der Waals surface area (Å²) in [6.45, 7) is 0. The molecule has 112 valence electrons. The van der Waals surface area contributed by atoms with Crippen LogP contribution in [-0.4, -0.2) is 35.5 Å². The first-order valence-corrected chi connectivity index (χ1v) is 9.25. The van der Waals surface area contributed by atoms with E-state index in [0.29, 0.717) is 12.5 Å². The fourth-order valence-corrected chi connectivity index (χ4v) is 5.36. The van der Waals surface area contributed by atoms with Gasteiger partial charge in [0.1, 0.15) is 0 Å². The number of halogens is 3. The zero-order valence-corrected chi connectivity index (χ0v) is 11.6. The van der Waals surface area contributed by atoms with Gasteiger partial charge in [-0.3, -0.25) is 0 Å². The lowest BCUT2D eigenvalue weighted by Crippen LogP contribution is -2.41. The summed E-state index contributed by atoms with van der Waals surface area (Å²) in [5.41, 5.74) is -5.76. The van der Waals surface area contributed by atoms with Crippen molar-refractivity contribution in [1.29, 1.82) is 0 Å². The van der Waals surface area contributed by atoms with Gasteiger partial charge in [0.15, 0.2) is 0 Å². The van der Waals surface area contributed by atoms with E-state index in [-0.39, 0.29) is 0 Å². The molecule has 1 aromatic carbocycles. The summed E-state index contributed by atoms with van der Waals surface area (Å²) in [5, 5.41) is 0. The summed E-state index contributed by atoms with van der Waals surface area (Å²) in [7, 11) is -12.2. The average Bonchev–Trinajstić information content (AvgIpc) is 2.13. The minimum atomic E-state index is -6.17. The van der Waals surface area contributed by atoms with Gasteiger partial charge in [-0.2, -0.15) is 25.2 Å². The minimum Gasteiger partial charge on any atom is -0.324 e. The van der Waals surface area contributed by atoms with E-state index in [1.165, 1.54) is 18.2 Å². The maximum atomic E-state index is 12.3. The summed E-state index contributed by atoms with van der Waals surface area (Å²) < 4.78 is 83.1. The lowest BCUT2D eigenvalue weighted by Gasteiger charge is -2.63. The van der Waals surface area contributed by atoms with E-state index in [0.717, 1.165) is 12.1 Å². The van der Waals surface area contributed by atoms with E-state index in [1.807, 2.05) is 0 Å². The second-order valence-electron chi connectivity index (χ2n) is 4.66. The van der Waals surface area contributed by atoms with E-state index >= 15 is 0 Å². The SMILES string of the molecule is CS(C)(O)(O)(OS(=O)(=O)C(F)(F)F)c1ccccc1. The highest BCUT2D eigenvalue weighted by molar-refractivity contribution is 8.54. The molecular weight excluding hydrogens is 309 g/mol. The Kier molecular flexibility index (Phi) is 3.11. The minimum absolute atomic E-state index is 0.463. The molecule has 0 radical (unpaired) electrons. The zero-order valence-electron chi connectivity index (χ0n) is 9.96. The van der Waals surface area contributed by atoms with Crippen molar-refractivity contribution in [2.45, 2.75) is 10.4 Å². The maximum absolute atomic E-state index is 12.3. The molecule has 0 aliphatic carbocycles. The van der Waals surface area contributed by atoms with Gasteiger partial charge in [-0.05, 0) is 21.3 Å². The van der Waals surface area contributed by atoms with Gasteiger partial charge in [-0.25, -0.2) is 0 Å². The highest BCUT2D eigenvalue weighted by Crippen LogP contribution is 2.85. The Labute approximate surface area is 107 Å². The summed E-state index contributed by atoms with van der Waals surface area (Å²) >= 11 is 0. The zero-order chi connectivity index (χ0) is 15.2. The second kappa shape index (κ2) is 3.64. The van der Waals surface area contributed by atoms with Crippen LogP contribution in [0.5, 0.6) is 0 Å². The quantitative estimate of drug-likeness (QED) is 0.836. The third-order valence-corrected chi connectivity index (χ3v) is 7.09. The fourth-order valence-electron chi connectivity index (χ4n) is 1.25. The molecule has 0 atom stereocenters. The molecule has 0 saturated heterocycles. The Morgan fingerprint density at radius 1 is 1.11 bits per heavy atom. The van der Waals surface area contributed by atoms with Crippen LogP contribution in [0.3, 0.4) is 0 Å². The van der Waals surface area contributed by atoms with Gasteiger partial charge in [0.05, 0.1) is 0 Å². The van der Waals surface area contributed by atoms with Crippen LogP contribution in [0.4, 0.5) is 13.2 Å². The molecular formula is C9H13F3O5S2. The Morgan fingerprint density at radius 3 is 1.89 bits per heavy atom. The van der Waals surface area contributed by atoms with Gasteiger partial charge in [0.25, 0.3) is 0 Å². The van der Waals surface area contributed by atoms with Crippen LogP contribution in [0.15, 0.2) is 35.2 Å². The van der Waals surface area contributed by atoms with Crippen LogP contribution in [0.25, 0.3) is 0 Å². The molecule has 0 aliphatic heterocycles. The van der Waals surface area contributed by atoms with Crippen molar-refractivity contribution in [2.24, 2.45) is 0 Å². The number of hydrogen-bond acceptors (Lipinski definition) is 5. The van der Waals surface area contributed by atoms with E-state index in [4.69, 9.17) is 0 Å². The van der Waals surface area contributed by atoms with Crippen LogP contribution < -0.4 is 0 Å². The number of benzene rings is 1. The predicted molar refractivity (Wildman–Crippen MR) is 65.5 cm³/mol. The van der Waals surface area contributed by atoms with Crippen LogP contribution in [-0.2, 0) is 13.7 Å². The lowest BCUT2D eigenvalue weighted by molar-refractivity contribution is -0.0507. The first kappa shape index (κ1) is 16.2. The highest BCUT2D eigenvalue weighted by atomic mass is 32.4. The maximum Gasteiger partial charge on any atom is 0.524 e. The smallest absolute Gasteiger partial charge is 0.324 e. The monoisotopic (exact) mass is 322 g/mol. The molecule has 0 saturated carbocycles. The Hall–Kier alpha value is -0.810. The third kappa shape index (κ3) is 3.39. The molecule has 19 heavy (non-hydrogen) atoms. The van der Waals surface area contributed by atoms with Gasteiger partial charge >= 0.3 is 15.6 Å². The first-order chi connectivity index (χ1) is 8.08. The number of hydrogen-bond donors (Lipinski definition) is 2.